The first kappa shape index (κ1) is 9.64. The van der Waals surface area contributed by atoms with Gasteiger partial charge in [0.2, 0.25) is 0 Å². The molecule has 78 valence electrons. The van der Waals surface area contributed by atoms with E-state index in [0.717, 1.165) is 6.07 Å². The van der Waals surface area contributed by atoms with Crippen LogP contribution in [0.2, 0.25) is 0 Å². The minimum absolute atomic E-state index is 0.124. The molecule has 2 rings (SSSR count). The van der Waals surface area contributed by atoms with Crippen molar-refractivity contribution in [1.82, 2.24) is 4.98 Å². The number of carbonyl (C=O) groups excluding carboxylic acids is 1. The van der Waals surface area contributed by atoms with E-state index >= 15 is 0 Å². The van der Waals surface area contributed by atoms with Crippen LogP contribution in [-0.4, -0.2) is 18.1 Å². The number of nitrogens with zero attached hydrogens (tertiary/aromatic N) is 1. The highest BCUT2D eigenvalue weighted by molar-refractivity contribution is 6.01. The Bertz CT molecular complexity index is 533. The Labute approximate surface area is 84.7 Å². The molecule has 0 aliphatic carbocycles. The van der Waals surface area contributed by atoms with Gasteiger partial charge in [0.05, 0.1) is 7.11 Å². The number of methoxy groups -OCH3 is 1. The first-order valence-corrected chi connectivity index (χ1v) is 4.27. The van der Waals surface area contributed by atoms with E-state index in [1.54, 1.807) is 6.92 Å². The molecule has 0 atom stereocenters. The molecule has 0 amide bonds. The lowest BCUT2D eigenvalue weighted by Gasteiger charge is -2.00. The van der Waals surface area contributed by atoms with Crippen molar-refractivity contribution < 1.29 is 18.3 Å². The number of aromatic nitrogens is 1. The van der Waals surface area contributed by atoms with Gasteiger partial charge >= 0.3 is 5.97 Å². The smallest absolute Gasteiger partial charge is 0.344 e. The fraction of sp³-hybridized carbons (Fsp3) is 0.200. The van der Waals surface area contributed by atoms with Gasteiger partial charge in [-0.05, 0) is 12.1 Å². The molecule has 0 spiro atoms. The zero-order valence-electron chi connectivity index (χ0n) is 8.20. The standard InChI is InChI=1S/C10H8FNO3/c1-5-12-7-4-3-6(11)8(9(7)15-5)10(13)14-2/h3-4H,1-2H3. The van der Waals surface area contributed by atoms with E-state index in [1.165, 1.54) is 13.2 Å². The Balaban J connectivity index is 2.78. The number of rotatable bonds is 1. The SMILES string of the molecule is COC(=O)c1c(F)ccc2nc(C)oc12. The predicted molar refractivity (Wildman–Crippen MR) is 50.0 cm³/mol. The lowest BCUT2D eigenvalue weighted by Crippen LogP contribution is -2.04. The molecule has 0 saturated heterocycles. The van der Waals surface area contributed by atoms with Crippen molar-refractivity contribution in [2.24, 2.45) is 0 Å². The molecule has 0 radical (unpaired) electrons. The molecule has 0 aliphatic rings. The van der Waals surface area contributed by atoms with E-state index in [4.69, 9.17) is 4.42 Å². The molecule has 5 heteroatoms. The third-order valence-electron chi connectivity index (χ3n) is 2.00. The van der Waals surface area contributed by atoms with Crippen LogP contribution in [0.1, 0.15) is 16.2 Å². The summed E-state index contributed by atoms with van der Waals surface area (Å²) in [6.45, 7) is 1.62. The monoisotopic (exact) mass is 209 g/mol. The van der Waals surface area contributed by atoms with Crippen LogP contribution in [0.15, 0.2) is 16.5 Å². The lowest BCUT2D eigenvalue weighted by atomic mass is 10.2. The third kappa shape index (κ3) is 1.45. The molecule has 0 fully saturated rings. The van der Waals surface area contributed by atoms with Gasteiger partial charge in [-0.25, -0.2) is 14.2 Å². The van der Waals surface area contributed by atoms with Crippen LogP contribution in [0.5, 0.6) is 0 Å². The minimum Gasteiger partial charge on any atom is -0.465 e. The molecular weight excluding hydrogens is 201 g/mol. The Hall–Kier alpha value is -1.91. The van der Waals surface area contributed by atoms with Gasteiger partial charge in [0.15, 0.2) is 11.5 Å². The second kappa shape index (κ2) is 3.34. The maximum atomic E-state index is 13.4. The molecule has 0 N–H and O–H groups in total. The number of benzene rings is 1. The minimum atomic E-state index is -0.769. The predicted octanol–water partition coefficient (Wildman–Crippen LogP) is 2.06. The number of halogens is 1. The number of esters is 1. The molecule has 2 aromatic rings. The summed E-state index contributed by atoms with van der Waals surface area (Å²) < 4.78 is 23.0. The van der Waals surface area contributed by atoms with Gasteiger partial charge in [0.1, 0.15) is 16.9 Å². The van der Waals surface area contributed by atoms with Crippen molar-refractivity contribution in [3.05, 3.63) is 29.4 Å². The summed E-state index contributed by atoms with van der Waals surface area (Å²) in [4.78, 5) is 15.3. The van der Waals surface area contributed by atoms with Gasteiger partial charge in [-0.3, -0.25) is 0 Å². The van der Waals surface area contributed by atoms with Crippen LogP contribution >= 0.6 is 0 Å². The Morgan fingerprint density at radius 3 is 2.93 bits per heavy atom. The molecule has 1 aromatic carbocycles. The van der Waals surface area contributed by atoms with Gasteiger partial charge < -0.3 is 9.15 Å². The van der Waals surface area contributed by atoms with Crippen LogP contribution in [-0.2, 0) is 4.74 Å². The van der Waals surface area contributed by atoms with E-state index in [-0.39, 0.29) is 11.1 Å². The average Bonchev–Trinajstić information content (AvgIpc) is 2.57. The molecule has 1 aromatic heterocycles. The molecule has 0 aliphatic heterocycles. The van der Waals surface area contributed by atoms with Crippen molar-refractivity contribution in [3.63, 3.8) is 0 Å². The number of hydrogen-bond acceptors (Lipinski definition) is 4. The zero-order valence-corrected chi connectivity index (χ0v) is 8.20. The van der Waals surface area contributed by atoms with E-state index in [9.17, 15) is 9.18 Å². The zero-order chi connectivity index (χ0) is 11.0. The number of hydrogen-bond donors (Lipinski definition) is 0. The number of carbonyl (C=O) groups is 1. The quantitative estimate of drug-likeness (QED) is 0.674. The van der Waals surface area contributed by atoms with Crippen LogP contribution in [0.25, 0.3) is 11.1 Å². The summed E-state index contributed by atoms with van der Waals surface area (Å²) in [5, 5.41) is 0. The largest absolute Gasteiger partial charge is 0.465 e. The highest BCUT2D eigenvalue weighted by Crippen LogP contribution is 2.23. The fourth-order valence-corrected chi connectivity index (χ4v) is 1.37. The first-order valence-electron chi connectivity index (χ1n) is 4.27. The van der Waals surface area contributed by atoms with Crippen molar-refractivity contribution in [2.45, 2.75) is 6.92 Å². The first-order chi connectivity index (χ1) is 7.13. The topological polar surface area (TPSA) is 52.3 Å². The van der Waals surface area contributed by atoms with Crippen LogP contribution in [0.4, 0.5) is 4.39 Å². The molecular formula is C10H8FNO3. The van der Waals surface area contributed by atoms with Crippen LogP contribution in [0, 0.1) is 12.7 Å². The van der Waals surface area contributed by atoms with Crippen molar-refractivity contribution >= 4 is 17.1 Å². The lowest BCUT2D eigenvalue weighted by molar-refractivity contribution is 0.0596. The van der Waals surface area contributed by atoms with Crippen LogP contribution in [0.3, 0.4) is 0 Å². The summed E-state index contributed by atoms with van der Waals surface area (Å²) in [6, 6.07) is 2.62. The Morgan fingerprint density at radius 2 is 2.27 bits per heavy atom. The van der Waals surface area contributed by atoms with Gasteiger partial charge in [-0.1, -0.05) is 0 Å². The molecule has 4 nitrogen and oxygen atoms in total. The van der Waals surface area contributed by atoms with Crippen LogP contribution < -0.4 is 0 Å². The molecule has 15 heavy (non-hydrogen) atoms. The van der Waals surface area contributed by atoms with E-state index in [0.29, 0.717) is 11.4 Å². The Morgan fingerprint density at radius 1 is 1.53 bits per heavy atom. The van der Waals surface area contributed by atoms with E-state index in [1.807, 2.05) is 0 Å². The highest BCUT2D eigenvalue weighted by Gasteiger charge is 2.20. The number of aryl methyl sites for hydroxylation is 1. The average molecular weight is 209 g/mol. The maximum absolute atomic E-state index is 13.4. The normalized spacial score (nSPS) is 10.6. The summed E-state index contributed by atoms with van der Waals surface area (Å²) in [7, 11) is 1.18. The number of oxazole rings is 1. The van der Waals surface area contributed by atoms with Crippen molar-refractivity contribution in [2.75, 3.05) is 7.11 Å². The van der Waals surface area contributed by atoms with E-state index in [2.05, 4.69) is 9.72 Å². The van der Waals surface area contributed by atoms with Gasteiger partial charge in [-0.2, -0.15) is 0 Å². The van der Waals surface area contributed by atoms with Crippen molar-refractivity contribution in [1.29, 1.82) is 0 Å². The molecule has 0 unspecified atom stereocenters. The van der Waals surface area contributed by atoms with E-state index < -0.39 is 11.8 Å². The Kier molecular flexibility index (Phi) is 2.15. The summed E-state index contributed by atoms with van der Waals surface area (Å²) >= 11 is 0. The molecule has 0 saturated carbocycles. The second-order valence-electron chi connectivity index (χ2n) is 3.00. The fourth-order valence-electron chi connectivity index (χ4n) is 1.37. The third-order valence-corrected chi connectivity index (χ3v) is 2.00. The molecule has 0 bridgehead atoms. The molecule has 1 heterocycles. The van der Waals surface area contributed by atoms with Crippen molar-refractivity contribution in [3.8, 4) is 0 Å². The van der Waals surface area contributed by atoms with Gasteiger partial charge in [0.25, 0.3) is 0 Å². The number of ether oxygens (including phenoxy) is 1. The summed E-state index contributed by atoms with van der Waals surface area (Å²) in [5.74, 6) is -1.07. The summed E-state index contributed by atoms with van der Waals surface area (Å²) in [5.41, 5.74) is 0.351. The maximum Gasteiger partial charge on any atom is 0.344 e. The van der Waals surface area contributed by atoms with Gasteiger partial charge in [0, 0.05) is 6.92 Å². The number of fused-ring (bicyclic) bond motifs is 1. The summed E-state index contributed by atoms with van der Waals surface area (Å²) in [6.07, 6.45) is 0. The second-order valence-corrected chi connectivity index (χ2v) is 3.00. The van der Waals surface area contributed by atoms with Gasteiger partial charge in [-0.15, -0.1) is 0 Å². The highest BCUT2D eigenvalue weighted by atomic mass is 19.1.